The van der Waals surface area contributed by atoms with E-state index in [9.17, 15) is 8.78 Å². The van der Waals surface area contributed by atoms with Gasteiger partial charge in [-0.2, -0.15) is 8.78 Å². The van der Waals surface area contributed by atoms with Crippen LogP contribution >= 0.6 is 0 Å². The summed E-state index contributed by atoms with van der Waals surface area (Å²) in [5.41, 5.74) is 1.65. The van der Waals surface area contributed by atoms with E-state index in [2.05, 4.69) is 9.72 Å². The average molecular weight is 201 g/mol. The van der Waals surface area contributed by atoms with Crippen LogP contribution in [0.4, 0.5) is 8.78 Å². The standard InChI is InChI=1S/C10H13F2NO/c1-6(2)8-4-7(3)5-13-9(8)14-10(11)12/h4-6,10H,1-3H3. The van der Waals surface area contributed by atoms with Crippen molar-refractivity contribution in [1.82, 2.24) is 4.98 Å². The van der Waals surface area contributed by atoms with Gasteiger partial charge in [0.25, 0.3) is 0 Å². The minimum absolute atomic E-state index is 0.0283. The summed E-state index contributed by atoms with van der Waals surface area (Å²) in [6.07, 6.45) is 1.52. The number of ether oxygens (including phenoxy) is 1. The predicted octanol–water partition coefficient (Wildman–Crippen LogP) is 3.11. The van der Waals surface area contributed by atoms with Crippen molar-refractivity contribution in [2.24, 2.45) is 0 Å². The highest BCUT2D eigenvalue weighted by molar-refractivity contribution is 5.31. The van der Waals surface area contributed by atoms with Crippen molar-refractivity contribution in [2.75, 3.05) is 0 Å². The van der Waals surface area contributed by atoms with Gasteiger partial charge in [-0.1, -0.05) is 13.8 Å². The Kier molecular flexibility index (Phi) is 3.38. The number of halogens is 2. The van der Waals surface area contributed by atoms with Gasteiger partial charge >= 0.3 is 6.61 Å². The molecule has 14 heavy (non-hydrogen) atoms. The fourth-order valence-electron chi connectivity index (χ4n) is 1.18. The summed E-state index contributed by atoms with van der Waals surface area (Å²) in [6, 6.07) is 1.81. The molecule has 0 bridgehead atoms. The first-order chi connectivity index (χ1) is 6.50. The molecule has 1 heterocycles. The van der Waals surface area contributed by atoms with Crippen LogP contribution in [-0.4, -0.2) is 11.6 Å². The third-order valence-electron chi connectivity index (χ3n) is 1.84. The van der Waals surface area contributed by atoms with E-state index in [1.165, 1.54) is 6.20 Å². The van der Waals surface area contributed by atoms with Gasteiger partial charge in [-0.25, -0.2) is 4.98 Å². The van der Waals surface area contributed by atoms with Crippen LogP contribution in [0.2, 0.25) is 0 Å². The number of hydrogen-bond acceptors (Lipinski definition) is 2. The quantitative estimate of drug-likeness (QED) is 0.749. The number of nitrogens with zero attached hydrogens (tertiary/aromatic N) is 1. The number of rotatable bonds is 3. The Morgan fingerprint density at radius 2 is 2.00 bits per heavy atom. The van der Waals surface area contributed by atoms with E-state index in [1.807, 2.05) is 26.8 Å². The number of hydrogen-bond donors (Lipinski definition) is 0. The summed E-state index contributed by atoms with van der Waals surface area (Å²) in [5.74, 6) is 0.150. The minimum Gasteiger partial charge on any atom is -0.417 e. The first kappa shape index (κ1) is 10.9. The molecule has 0 aliphatic carbocycles. The van der Waals surface area contributed by atoms with Crippen molar-refractivity contribution in [3.63, 3.8) is 0 Å². The Morgan fingerprint density at radius 1 is 1.36 bits per heavy atom. The second-order valence-electron chi connectivity index (χ2n) is 3.44. The van der Waals surface area contributed by atoms with Crippen LogP contribution in [0, 0.1) is 6.92 Å². The van der Waals surface area contributed by atoms with Crippen LogP contribution in [-0.2, 0) is 0 Å². The van der Waals surface area contributed by atoms with Crippen molar-refractivity contribution in [2.45, 2.75) is 33.3 Å². The Bertz CT molecular complexity index is 313. The van der Waals surface area contributed by atoms with E-state index in [-0.39, 0.29) is 11.8 Å². The molecule has 0 fully saturated rings. The minimum atomic E-state index is -2.82. The third kappa shape index (κ3) is 2.65. The maximum Gasteiger partial charge on any atom is 0.388 e. The molecule has 1 rings (SSSR count). The van der Waals surface area contributed by atoms with Crippen molar-refractivity contribution in [3.05, 3.63) is 23.4 Å². The molecule has 4 heteroatoms. The maximum absolute atomic E-state index is 12.0. The van der Waals surface area contributed by atoms with Gasteiger partial charge in [0.05, 0.1) is 0 Å². The summed E-state index contributed by atoms with van der Waals surface area (Å²) in [7, 11) is 0. The number of aromatic nitrogens is 1. The molecule has 0 saturated carbocycles. The van der Waals surface area contributed by atoms with E-state index in [0.717, 1.165) is 5.56 Å². The molecule has 0 amide bonds. The molecule has 0 atom stereocenters. The fraction of sp³-hybridized carbons (Fsp3) is 0.500. The lowest BCUT2D eigenvalue weighted by atomic mass is 10.0. The van der Waals surface area contributed by atoms with Crippen LogP contribution in [0.1, 0.15) is 30.9 Å². The largest absolute Gasteiger partial charge is 0.417 e. The zero-order valence-electron chi connectivity index (χ0n) is 8.42. The molecule has 0 unspecified atom stereocenters. The molecule has 78 valence electrons. The molecule has 0 saturated heterocycles. The topological polar surface area (TPSA) is 22.1 Å². The van der Waals surface area contributed by atoms with Crippen molar-refractivity contribution >= 4 is 0 Å². The molecule has 0 aliphatic heterocycles. The van der Waals surface area contributed by atoms with Gasteiger partial charge in [0.1, 0.15) is 0 Å². The van der Waals surface area contributed by atoms with Gasteiger partial charge in [-0.15, -0.1) is 0 Å². The SMILES string of the molecule is Cc1cnc(OC(F)F)c(C(C)C)c1. The summed E-state index contributed by atoms with van der Waals surface area (Å²) >= 11 is 0. The van der Waals surface area contributed by atoms with E-state index in [0.29, 0.717) is 5.56 Å². The van der Waals surface area contributed by atoms with Crippen molar-refractivity contribution in [3.8, 4) is 5.88 Å². The smallest absolute Gasteiger partial charge is 0.388 e. The van der Waals surface area contributed by atoms with Gasteiger partial charge < -0.3 is 4.74 Å². The monoisotopic (exact) mass is 201 g/mol. The number of alkyl halides is 2. The van der Waals surface area contributed by atoms with Crippen molar-refractivity contribution in [1.29, 1.82) is 0 Å². The van der Waals surface area contributed by atoms with Crippen molar-refractivity contribution < 1.29 is 13.5 Å². The zero-order chi connectivity index (χ0) is 10.7. The Hall–Kier alpha value is -1.19. The normalized spacial score (nSPS) is 11.1. The fourth-order valence-corrected chi connectivity index (χ4v) is 1.18. The Balaban J connectivity index is 3.02. The van der Waals surface area contributed by atoms with Crippen LogP contribution < -0.4 is 4.74 Å². The van der Waals surface area contributed by atoms with E-state index in [4.69, 9.17) is 0 Å². The highest BCUT2D eigenvalue weighted by Gasteiger charge is 2.13. The van der Waals surface area contributed by atoms with E-state index in [1.54, 1.807) is 0 Å². The first-order valence-corrected chi connectivity index (χ1v) is 4.42. The Morgan fingerprint density at radius 3 is 2.50 bits per heavy atom. The van der Waals surface area contributed by atoms with E-state index < -0.39 is 6.61 Å². The highest BCUT2D eigenvalue weighted by atomic mass is 19.3. The third-order valence-corrected chi connectivity index (χ3v) is 1.84. The van der Waals surface area contributed by atoms with Crippen LogP contribution in [0.5, 0.6) is 5.88 Å². The molecule has 1 aromatic rings. The summed E-state index contributed by atoms with van der Waals surface area (Å²) in [4.78, 5) is 3.84. The van der Waals surface area contributed by atoms with Crippen LogP contribution in [0.25, 0.3) is 0 Å². The molecule has 0 aliphatic rings. The molecular formula is C10H13F2NO. The van der Waals surface area contributed by atoms with E-state index >= 15 is 0 Å². The second kappa shape index (κ2) is 4.35. The summed E-state index contributed by atoms with van der Waals surface area (Å²) in [6.45, 7) is 2.87. The van der Waals surface area contributed by atoms with Gasteiger partial charge in [-0.3, -0.25) is 0 Å². The van der Waals surface area contributed by atoms with Crippen LogP contribution in [0.15, 0.2) is 12.3 Å². The van der Waals surface area contributed by atoms with Gasteiger partial charge in [0.15, 0.2) is 0 Å². The van der Waals surface area contributed by atoms with Gasteiger partial charge in [0, 0.05) is 11.8 Å². The molecule has 0 spiro atoms. The predicted molar refractivity (Wildman–Crippen MR) is 49.7 cm³/mol. The van der Waals surface area contributed by atoms with Gasteiger partial charge in [-0.05, 0) is 24.5 Å². The molecule has 0 aromatic carbocycles. The lowest BCUT2D eigenvalue weighted by Crippen LogP contribution is -2.07. The Labute approximate surface area is 81.9 Å². The maximum atomic E-state index is 12.0. The second-order valence-corrected chi connectivity index (χ2v) is 3.44. The number of aryl methyl sites for hydroxylation is 1. The number of pyridine rings is 1. The molecular weight excluding hydrogens is 188 g/mol. The molecule has 1 aromatic heterocycles. The van der Waals surface area contributed by atoms with Gasteiger partial charge in [0.2, 0.25) is 5.88 Å². The lowest BCUT2D eigenvalue weighted by Gasteiger charge is -2.12. The molecule has 2 nitrogen and oxygen atoms in total. The highest BCUT2D eigenvalue weighted by Crippen LogP contribution is 2.25. The summed E-state index contributed by atoms with van der Waals surface area (Å²) < 4.78 is 28.3. The first-order valence-electron chi connectivity index (χ1n) is 4.42. The van der Waals surface area contributed by atoms with Crippen LogP contribution in [0.3, 0.4) is 0 Å². The lowest BCUT2D eigenvalue weighted by molar-refractivity contribution is -0.0536. The zero-order valence-corrected chi connectivity index (χ0v) is 8.42. The molecule has 0 N–H and O–H groups in total. The molecule has 0 radical (unpaired) electrons. The average Bonchev–Trinajstić information content (AvgIpc) is 2.07. The summed E-state index contributed by atoms with van der Waals surface area (Å²) in [5, 5.41) is 0.